The number of hydrogen-bond acceptors (Lipinski definition) is 3. The Morgan fingerprint density at radius 2 is 1.68 bits per heavy atom. The van der Waals surface area contributed by atoms with Gasteiger partial charge in [0.25, 0.3) is 0 Å². The molecular formula is C17H22F3NO4. The van der Waals surface area contributed by atoms with Crippen LogP contribution in [0.25, 0.3) is 0 Å². The number of carbonyl (C=O) groups is 2. The van der Waals surface area contributed by atoms with Gasteiger partial charge in [-0.1, -0.05) is 12.1 Å². The van der Waals surface area contributed by atoms with Crippen molar-refractivity contribution in [2.45, 2.75) is 51.9 Å². The van der Waals surface area contributed by atoms with Gasteiger partial charge in [0.2, 0.25) is 0 Å². The molecule has 140 valence electrons. The largest absolute Gasteiger partial charge is 0.480 e. The second kappa shape index (κ2) is 7.76. The van der Waals surface area contributed by atoms with E-state index in [-0.39, 0.29) is 13.0 Å². The van der Waals surface area contributed by atoms with Gasteiger partial charge < -0.3 is 9.84 Å². The lowest BCUT2D eigenvalue weighted by atomic mass is 10.0. The second-order valence-corrected chi connectivity index (χ2v) is 6.52. The number of nitrogens with zero attached hydrogens (tertiary/aromatic N) is 1. The summed E-state index contributed by atoms with van der Waals surface area (Å²) in [5.41, 5.74) is -1.23. The smallest absolute Gasteiger partial charge is 0.416 e. The summed E-state index contributed by atoms with van der Waals surface area (Å²) in [7, 11) is 0. The quantitative estimate of drug-likeness (QED) is 0.862. The lowest BCUT2D eigenvalue weighted by Crippen LogP contribution is -2.48. The number of likely N-dealkylation sites (N-methyl/N-ethyl adjacent to an activating group) is 1. The molecule has 1 unspecified atom stereocenters. The van der Waals surface area contributed by atoms with E-state index in [9.17, 15) is 27.9 Å². The maximum atomic E-state index is 12.6. The van der Waals surface area contributed by atoms with Gasteiger partial charge in [-0.05, 0) is 45.4 Å². The standard InChI is InChI=1S/C17H22F3NO4/c1-5-21(15(24)25-16(2,3)4)13(14(22)23)10-11-6-8-12(9-7-11)17(18,19)20/h6-9,13H,5,10H2,1-4H3,(H,22,23). The molecule has 1 N–H and O–H groups in total. The van der Waals surface area contributed by atoms with E-state index in [0.29, 0.717) is 5.56 Å². The van der Waals surface area contributed by atoms with Crippen LogP contribution in [0.1, 0.15) is 38.8 Å². The normalized spacial score (nSPS) is 13.2. The van der Waals surface area contributed by atoms with Crippen LogP contribution in [0.4, 0.5) is 18.0 Å². The van der Waals surface area contributed by atoms with Crippen molar-refractivity contribution in [3.05, 3.63) is 35.4 Å². The number of benzene rings is 1. The summed E-state index contributed by atoms with van der Waals surface area (Å²) in [5, 5.41) is 9.44. The Bertz CT molecular complexity index is 606. The zero-order valence-electron chi connectivity index (χ0n) is 14.6. The molecule has 0 saturated carbocycles. The van der Waals surface area contributed by atoms with Gasteiger partial charge in [-0.15, -0.1) is 0 Å². The molecule has 0 saturated heterocycles. The highest BCUT2D eigenvalue weighted by molar-refractivity contribution is 5.80. The predicted octanol–water partition coefficient (Wildman–Crippen LogP) is 3.96. The number of hydrogen-bond donors (Lipinski definition) is 1. The van der Waals surface area contributed by atoms with Crippen molar-refractivity contribution in [1.82, 2.24) is 4.90 Å². The molecule has 0 heterocycles. The van der Waals surface area contributed by atoms with E-state index in [1.165, 1.54) is 12.1 Å². The minimum atomic E-state index is -4.46. The van der Waals surface area contributed by atoms with Crippen molar-refractivity contribution < 1.29 is 32.6 Å². The molecule has 0 aliphatic rings. The maximum absolute atomic E-state index is 12.6. The number of aliphatic carboxylic acids is 1. The van der Waals surface area contributed by atoms with Crippen LogP contribution >= 0.6 is 0 Å². The molecule has 1 aromatic carbocycles. The number of ether oxygens (including phenoxy) is 1. The summed E-state index contributed by atoms with van der Waals surface area (Å²) in [6.07, 6.45) is -5.37. The molecule has 0 fully saturated rings. The average Bonchev–Trinajstić information content (AvgIpc) is 2.44. The number of alkyl halides is 3. The lowest BCUT2D eigenvalue weighted by molar-refractivity contribution is -0.143. The molecule has 1 atom stereocenters. The fraction of sp³-hybridized carbons (Fsp3) is 0.529. The Hall–Kier alpha value is -2.25. The van der Waals surface area contributed by atoms with Crippen LogP contribution in [-0.4, -0.2) is 40.3 Å². The zero-order chi connectivity index (χ0) is 19.4. The van der Waals surface area contributed by atoms with Crippen molar-refractivity contribution in [3.8, 4) is 0 Å². The summed E-state index contributed by atoms with van der Waals surface area (Å²) < 4.78 is 43.0. The van der Waals surface area contributed by atoms with Crippen LogP contribution in [0.3, 0.4) is 0 Å². The van der Waals surface area contributed by atoms with E-state index in [4.69, 9.17) is 4.74 Å². The van der Waals surface area contributed by atoms with Crippen LogP contribution in [-0.2, 0) is 22.1 Å². The third-order valence-electron chi connectivity index (χ3n) is 3.34. The Morgan fingerprint density at radius 3 is 2.04 bits per heavy atom. The van der Waals surface area contributed by atoms with Gasteiger partial charge in [-0.25, -0.2) is 9.59 Å². The Balaban J connectivity index is 2.99. The van der Waals surface area contributed by atoms with Gasteiger partial charge in [0.15, 0.2) is 0 Å². The molecule has 0 spiro atoms. The highest BCUT2D eigenvalue weighted by Gasteiger charge is 2.33. The van der Waals surface area contributed by atoms with Crippen LogP contribution in [0.15, 0.2) is 24.3 Å². The summed E-state index contributed by atoms with van der Waals surface area (Å²) in [6, 6.07) is 2.95. The van der Waals surface area contributed by atoms with Gasteiger partial charge in [0.05, 0.1) is 5.56 Å². The SMILES string of the molecule is CCN(C(=O)OC(C)(C)C)C(Cc1ccc(C(F)(F)F)cc1)C(=O)O. The minimum absolute atomic E-state index is 0.0898. The topological polar surface area (TPSA) is 66.8 Å². The summed E-state index contributed by atoms with van der Waals surface area (Å²) in [6.45, 7) is 6.66. The van der Waals surface area contributed by atoms with Crippen molar-refractivity contribution in [3.63, 3.8) is 0 Å². The molecule has 0 bridgehead atoms. The van der Waals surface area contributed by atoms with Crippen LogP contribution in [0, 0.1) is 0 Å². The third-order valence-corrected chi connectivity index (χ3v) is 3.34. The van der Waals surface area contributed by atoms with Crippen molar-refractivity contribution in [2.24, 2.45) is 0 Å². The number of rotatable bonds is 5. The van der Waals surface area contributed by atoms with E-state index in [0.717, 1.165) is 17.0 Å². The number of carboxylic acids is 1. The van der Waals surface area contributed by atoms with E-state index in [1.54, 1.807) is 27.7 Å². The van der Waals surface area contributed by atoms with E-state index in [1.807, 2.05) is 0 Å². The summed E-state index contributed by atoms with van der Waals surface area (Å²) >= 11 is 0. The molecule has 0 radical (unpaired) electrons. The van der Waals surface area contributed by atoms with Crippen LogP contribution < -0.4 is 0 Å². The molecule has 0 aliphatic carbocycles. The number of carboxylic acid groups (broad SMARTS) is 1. The second-order valence-electron chi connectivity index (χ2n) is 6.52. The first kappa shape index (κ1) is 20.8. The third kappa shape index (κ3) is 6.28. The number of carbonyl (C=O) groups excluding carboxylic acids is 1. The first-order chi connectivity index (χ1) is 11.3. The van der Waals surface area contributed by atoms with Gasteiger partial charge in [-0.2, -0.15) is 13.2 Å². The van der Waals surface area contributed by atoms with Crippen molar-refractivity contribution in [1.29, 1.82) is 0 Å². The van der Waals surface area contributed by atoms with Crippen LogP contribution in [0.2, 0.25) is 0 Å². The van der Waals surface area contributed by atoms with E-state index in [2.05, 4.69) is 0 Å². The minimum Gasteiger partial charge on any atom is -0.480 e. The molecule has 8 heteroatoms. The summed E-state index contributed by atoms with van der Waals surface area (Å²) in [5.74, 6) is -1.26. The van der Waals surface area contributed by atoms with Crippen LogP contribution in [0.5, 0.6) is 0 Å². The van der Waals surface area contributed by atoms with E-state index >= 15 is 0 Å². The maximum Gasteiger partial charge on any atom is 0.416 e. The molecule has 5 nitrogen and oxygen atoms in total. The van der Waals surface area contributed by atoms with Gasteiger partial charge in [0.1, 0.15) is 11.6 Å². The fourth-order valence-electron chi connectivity index (χ4n) is 2.18. The molecule has 1 rings (SSSR count). The highest BCUT2D eigenvalue weighted by Crippen LogP contribution is 2.29. The Morgan fingerprint density at radius 1 is 1.16 bits per heavy atom. The molecule has 1 amide bonds. The molecular weight excluding hydrogens is 339 g/mol. The van der Waals surface area contributed by atoms with Crippen molar-refractivity contribution >= 4 is 12.1 Å². The first-order valence-electron chi connectivity index (χ1n) is 7.73. The Kier molecular flexibility index (Phi) is 6.45. The van der Waals surface area contributed by atoms with E-state index < -0.39 is 35.4 Å². The van der Waals surface area contributed by atoms with Crippen molar-refractivity contribution in [2.75, 3.05) is 6.54 Å². The zero-order valence-corrected chi connectivity index (χ0v) is 14.6. The highest BCUT2D eigenvalue weighted by atomic mass is 19.4. The molecule has 0 aromatic heterocycles. The van der Waals surface area contributed by atoms with Gasteiger partial charge in [0, 0.05) is 13.0 Å². The van der Waals surface area contributed by atoms with Gasteiger partial charge in [-0.3, -0.25) is 4.90 Å². The number of halogens is 3. The molecule has 1 aromatic rings. The average molecular weight is 361 g/mol. The molecule has 25 heavy (non-hydrogen) atoms. The lowest BCUT2D eigenvalue weighted by Gasteiger charge is -2.30. The monoisotopic (exact) mass is 361 g/mol. The summed E-state index contributed by atoms with van der Waals surface area (Å²) in [4.78, 5) is 24.8. The Labute approximate surface area is 144 Å². The fourth-order valence-corrected chi connectivity index (χ4v) is 2.18. The molecule has 0 aliphatic heterocycles. The van der Waals surface area contributed by atoms with Gasteiger partial charge >= 0.3 is 18.2 Å². The predicted molar refractivity (Wildman–Crippen MR) is 85.2 cm³/mol. The number of amides is 1. The first-order valence-corrected chi connectivity index (χ1v) is 7.73.